The van der Waals surface area contributed by atoms with Gasteiger partial charge in [0.25, 0.3) is 0 Å². The topological polar surface area (TPSA) is 40.6 Å². The molecule has 122 valence electrons. The minimum absolute atomic E-state index is 0.00477. The van der Waals surface area contributed by atoms with Gasteiger partial charge in [0.05, 0.1) is 6.54 Å². The summed E-state index contributed by atoms with van der Waals surface area (Å²) in [6, 6.07) is 10.0. The van der Waals surface area contributed by atoms with Crippen molar-refractivity contribution < 1.29 is 9.59 Å². The molecule has 0 spiro atoms. The second-order valence-corrected chi connectivity index (χ2v) is 5.90. The number of hydrogen-bond donors (Lipinski definition) is 0. The summed E-state index contributed by atoms with van der Waals surface area (Å²) >= 11 is 0. The molecule has 4 nitrogen and oxygen atoms in total. The number of carbonyl (C=O) groups is 2. The standard InChI is InChI=1S/C18H28N2O2/c1-5-6-12-19(16(4)21)14-18(22)20(15(2)3)13-17-10-8-7-9-11-17/h7-11,15H,5-6,12-14H2,1-4H3. The van der Waals surface area contributed by atoms with Gasteiger partial charge < -0.3 is 9.80 Å². The Labute approximate surface area is 134 Å². The van der Waals surface area contributed by atoms with Gasteiger partial charge in [-0.2, -0.15) is 0 Å². The van der Waals surface area contributed by atoms with E-state index in [1.165, 1.54) is 6.92 Å². The van der Waals surface area contributed by atoms with Gasteiger partial charge >= 0.3 is 0 Å². The molecule has 0 fully saturated rings. The molecule has 0 aliphatic rings. The zero-order valence-electron chi connectivity index (χ0n) is 14.2. The molecule has 4 heteroatoms. The molecule has 0 aliphatic heterocycles. The Morgan fingerprint density at radius 3 is 2.27 bits per heavy atom. The molecule has 0 radical (unpaired) electrons. The molecule has 1 aromatic rings. The van der Waals surface area contributed by atoms with Crippen LogP contribution in [0, 0.1) is 0 Å². The van der Waals surface area contributed by atoms with Crippen molar-refractivity contribution in [2.75, 3.05) is 13.1 Å². The lowest BCUT2D eigenvalue weighted by molar-refractivity contribution is -0.141. The molecule has 0 aromatic heterocycles. The molecular weight excluding hydrogens is 276 g/mol. The summed E-state index contributed by atoms with van der Waals surface area (Å²) in [6.07, 6.45) is 1.93. The molecule has 0 saturated heterocycles. The van der Waals surface area contributed by atoms with Crippen molar-refractivity contribution in [1.82, 2.24) is 9.80 Å². The maximum absolute atomic E-state index is 12.6. The number of unbranched alkanes of at least 4 members (excludes halogenated alkanes) is 1. The molecule has 2 amide bonds. The van der Waals surface area contributed by atoms with E-state index in [2.05, 4.69) is 6.92 Å². The van der Waals surface area contributed by atoms with E-state index in [9.17, 15) is 9.59 Å². The van der Waals surface area contributed by atoms with Crippen LogP contribution >= 0.6 is 0 Å². The maximum Gasteiger partial charge on any atom is 0.242 e. The lowest BCUT2D eigenvalue weighted by atomic mass is 10.2. The molecular formula is C18H28N2O2. The third kappa shape index (κ3) is 5.88. The van der Waals surface area contributed by atoms with Crippen LogP contribution in [-0.2, 0) is 16.1 Å². The van der Waals surface area contributed by atoms with E-state index in [-0.39, 0.29) is 24.4 Å². The van der Waals surface area contributed by atoms with E-state index < -0.39 is 0 Å². The minimum Gasteiger partial charge on any atom is -0.334 e. The minimum atomic E-state index is -0.0368. The Kier molecular flexibility index (Phi) is 7.64. The van der Waals surface area contributed by atoms with Crippen molar-refractivity contribution in [1.29, 1.82) is 0 Å². The highest BCUT2D eigenvalue weighted by atomic mass is 16.2. The van der Waals surface area contributed by atoms with Crippen LogP contribution < -0.4 is 0 Å². The van der Waals surface area contributed by atoms with Gasteiger partial charge in [-0.15, -0.1) is 0 Å². The van der Waals surface area contributed by atoms with E-state index in [0.29, 0.717) is 13.1 Å². The summed E-state index contributed by atoms with van der Waals surface area (Å²) in [6.45, 7) is 9.01. The summed E-state index contributed by atoms with van der Waals surface area (Å²) < 4.78 is 0. The Hall–Kier alpha value is -1.84. The van der Waals surface area contributed by atoms with Crippen LogP contribution in [0.15, 0.2) is 30.3 Å². The van der Waals surface area contributed by atoms with E-state index in [1.807, 2.05) is 49.1 Å². The fraction of sp³-hybridized carbons (Fsp3) is 0.556. The first-order chi connectivity index (χ1) is 10.5. The maximum atomic E-state index is 12.6. The number of hydrogen-bond acceptors (Lipinski definition) is 2. The van der Waals surface area contributed by atoms with E-state index in [0.717, 1.165) is 18.4 Å². The van der Waals surface area contributed by atoms with Gasteiger partial charge in [0.2, 0.25) is 11.8 Å². The first kappa shape index (κ1) is 18.2. The van der Waals surface area contributed by atoms with E-state index >= 15 is 0 Å². The van der Waals surface area contributed by atoms with Crippen LogP contribution in [-0.4, -0.2) is 40.7 Å². The van der Waals surface area contributed by atoms with Crippen molar-refractivity contribution in [3.8, 4) is 0 Å². The van der Waals surface area contributed by atoms with Crippen molar-refractivity contribution in [3.05, 3.63) is 35.9 Å². The van der Waals surface area contributed by atoms with Crippen LogP contribution in [0.25, 0.3) is 0 Å². The Morgan fingerprint density at radius 1 is 1.14 bits per heavy atom. The molecule has 0 bridgehead atoms. The summed E-state index contributed by atoms with van der Waals surface area (Å²) in [5.41, 5.74) is 1.10. The first-order valence-electron chi connectivity index (χ1n) is 8.04. The Morgan fingerprint density at radius 2 is 1.77 bits per heavy atom. The van der Waals surface area contributed by atoms with Gasteiger partial charge in [0.15, 0.2) is 0 Å². The molecule has 0 saturated carbocycles. The molecule has 0 atom stereocenters. The fourth-order valence-corrected chi connectivity index (χ4v) is 2.29. The van der Waals surface area contributed by atoms with Gasteiger partial charge in [-0.1, -0.05) is 43.7 Å². The van der Waals surface area contributed by atoms with E-state index in [1.54, 1.807) is 4.90 Å². The van der Waals surface area contributed by atoms with Crippen LogP contribution in [0.1, 0.15) is 46.1 Å². The molecule has 1 aromatic carbocycles. The average Bonchev–Trinajstić information content (AvgIpc) is 2.49. The second-order valence-electron chi connectivity index (χ2n) is 5.90. The first-order valence-corrected chi connectivity index (χ1v) is 8.04. The van der Waals surface area contributed by atoms with Gasteiger partial charge in [-0.25, -0.2) is 0 Å². The Balaban J connectivity index is 2.73. The number of amides is 2. The van der Waals surface area contributed by atoms with Crippen LogP contribution in [0.2, 0.25) is 0 Å². The highest BCUT2D eigenvalue weighted by Crippen LogP contribution is 2.10. The number of benzene rings is 1. The lowest BCUT2D eigenvalue weighted by Gasteiger charge is -2.30. The fourth-order valence-electron chi connectivity index (χ4n) is 2.29. The van der Waals surface area contributed by atoms with Gasteiger partial charge in [0.1, 0.15) is 0 Å². The summed E-state index contributed by atoms with van der Waals surface area (Å²) in [4.78, 5) is 27.8. The van der Waals surface area contributed by atoms with Crippen molar-refractivity contribution >= 4 is 11.8 Å². The quantitative estimate of drug-likeness (QED) is 0.740. The molecule has 0 N–H and O–H groups in total. The molecule has 1 rings (SSSR count). The lowest BCUT2D eigenvalue weighted by Crippen LogP contribution is -2.44. The van der Waals surface area contributed by atoms with Crippen molar-refractivity contribution in [2.24, 2.45) is 0 Å². The molecule has 0 heterocycles. The smallest absolute Gasteiger partial charge is 0.242 e. The third-order valence-corrected chi connectivity index (χ3v) is 3.69. The number of nitrogens with zero attached hydrogens (tertiary/aromatic N) is 2. The predicted octanol–water partition coefficient (Wildman–Crippen LogP) is 3.07. The van der Waals surface area contributed by atoms with Crippen LogP contribution in [0.3, 0.4) is 0 Å². The average molecular weight is 304 g/mol. The molecule has 0 aliphatic carbocycles. The number of carbonyl (C=O) groups excluding carboxylic acids is 2. The van der Waals surface area contributed by atoms with Crippen LogP contribution in [0.4, 0.5) is 0 Å². The van der Waals surface area contributed by atoms with Gasteiger partial charge in [-0.3, -0.25) is 9.59 Å². The predicted molar refractivity (Wildman–Crippen MR) is 89.3 cm³/mol. The summed E-state index contributed by atoms with van der Waals surface area (Å²) in [5, 5.41) is 0. The van der Waals surface area contributed by atoms with E-state index in [4.69, 9.17) is 0 Å². The highest BCUT2D eigenvalue weighted by Gasteiger charge is 2.21. The second kappa shape index (κ2) is 9.23. The monoisotopic (exact) mass is 304 g/mol. The molecule has 22 heavy (non-hydrogen) atoms. The zero-order chi connectivity index (χ0) is 16.5. The largest absolute Gasteiger partial charge is 0.334 e. The summed E-state index contributed by atoms with van der Waals surface area (Å²) in [7, 11) is 0. The molecule has 0 unspecified atom stereocenters. The number of rotatable bonds is 8. The van der Waals surface area contributed by atoms with Gasteiger partial charge in [-0.05, 0) is 25.8 Å². The van der Waals surface area contributed by atoms with Crippen LogP contribution in [0.5, 0.6) is 0 Å². The normalized spacial score (nSPS) is 10.6. The van der Waals surface area contributed by atoms with Crippen molar-refractivity contribution in [3.63, 3.8) is 0 Å². The van der Waals surface area contributed by atoms with Gasteiger partial charge in [0, 0.05) is 26.1 Å². The SMILES string of the molecule is CCCCN(CC(=O)N(Cc1ccccc1)C(C)C)C(C)=O. The van der Waals surface area contributed by atoms with Crippen molar-refractivity contribution in [2.45, 2.75) is 53.1 Å². The Bertz CT molecular complexity index is 471. The summed E-state index contributed by atoms with van der Waals surface area (Å²) in [5.74, 6) is -0.0321. The third-order valence-electron chi connectivity index (χ3n) is 3.69. The zero-order valence-corrected chi connectivity index (χ0v) is 14.2. The highest BCUT2D eigenvalue weighted by molar-refractivity contribution is 5.84.